The van der Waals surface area contributed by atoms with Gasteiger partial charge in [-0.2, -0.15) is 0 Å². The van der Waals surface area contributed by atoms with Crippen molar-refractivity contribution in [2.45, 2.75) is 39.7 Å². The molecule has 2 N–H and O–H groups in total. The molecule has 0 radical (unpaired) electrons. The second kappa shape index (κ2) is 9.61. The summed E-state index contributed by atoms with van der Waals surface area (Å²) in [7, 11) is 0. The van der Waals surface area contributed by atoms with Crippen molar-refractivity contribution in [3.05, 3.63) is 23.8 Å². The van der Waals surface area contributed by atoms with Crippen LogP contribution in [0.1, 0.15) is 45.2 Å². The predicted molar refractivity (Wildman–Crippen MR) is 81.4 cm³/mol. The fourth-order valence-corrected chi connectivity index (χ4v) is 1.92. The maximum absolute atomic E-state index is 6.19. The zero-order valence-corrected chi connectivity index (χ0v) is 12.9. The van der Waals surface area contributed by atoms with Gasteiger partial charge in [0.2, 0.25) is 0 Å². The second-order valence-corrected chi connectivity index (χ2v) is 4.58. The molecule has 0 saturated carbocycles. The van der Waals surface area contributed by atoms with E-state index < -0.39 is 0 Å². The highest BCUT2D eigenvalue weighted by atomic mass is 16.5. The second-order valence-electron chi connectivity index (χ2n) is 4.58. The summed E-state index contributed by atoms with van der Waals surface area (Å²) < 4.78 is 16.6. The average Bonchev–Trinajstić information content (AvgIpc) is 2.45. The number of hydrogen-bond donors (Lipinski definition) is 1. The molecule has 0 amide bonds. The lowest BCUT2D eigenvalue weighted by molar-refractivity contribution is 0.128. The Morgan fingerprint density at radius 1 is 1.00 bits per heavy atom. The van der Waals surface area contributed by atoms with Gasteiger partial charge in [-0.05, 0) is 44.4 Å². The van der Waals surface area contributed by atoms with Crippen LogP contribution in [0.2, 0.25) is 0 Å². The standard InChI is InChI=1S/C16H27NO3/c1-4-10-18-11-9-14(17)13-7-8-15(19-5-2)16(12-13)20-6-3/h7-8,12,14H,4-6,9-11,17H2,1-3H3. The molecule has 1 atom stereocenters. The summed E-state index contributed by atoms with van der Waals surface area (Å²) in [6.07, 6.45) is 1.84. The van der Waals surface area contributed by atoms with Crippen molar-refractivity contribution >= 4 is 0 Å². The lowest BCUT2D eigenvalue weighted by Gasteiger charge is -2.16. The summed E-state index contributed by atoms with van der Waals surface area (Å²) in [5, 5.41) is 0. The van der Waals surface area contributed by atoms with Gasteiger partial charge in [-0.1, -0.05) is 13.0 Å². The maximum Gasteiger partial charge on any atom is 0.161 e. The number of rotatable bonds is 10. The highest BCUT2D eigenvalue weighted by Crippen LogP contribution is 2.30. The van der Waals surface area contributed by atoms with Crippen molar-refractivity contribution in [1.82, 2.24) is 0 Å². The highest BCUT2D eigenvalue weighted by Gasteiger charge is 2.11. The zero-order valence-electron chi connectivity index (χ0n) is 12.9. The van der Waals surface area contributed by atoms with Gasteiger partial charge < -0.3 is 19.9 Å². The van der Waals surface area contributed by atoms with Crippen LogP contribution in [0.4, 0.5) is 0 Å². The molecule has 0 aliphatic carbocycles. The van der Waals surface area contributed by atoms with E-state index in [2.05, 4.69) is 6.92 Å². The summed E-state index contributed by atoms with van der Waals surface area (Å²) in [5.74, 6) is 1.53. The molecule has 0 aliphatic rings. The molecular weight excluding hydrogens is 254 g/mol. The van der Waals surface area contributed by atoms with Crippen molar-refractivity contribution in [1.29, 1.82) is 0 Å². The first-order valence-corrected chi connectivity index (χ1v) is 7.45. The molecule has 0 aliphatic heterocycles. The number of hydrogen-bond acceptors (Lipinski definition) is 4. The number of nitrogens with two attached hydrogens (primary N) is 1. The fourth-order valence-electron chi connectivity index (χ4n) is 1.92. The number of ether oxygens (including phenoxy) is 3. The average molecular weight is 281 g/mol. The van der Waals surface area contributed by atoms with Crippen LogP contribution < -0.4 is 15.2 Å². The Morgan fingerprint density at radius 2 is 1.70 bits per heavy atom. The van der Waals surface area contributed by atoms with Gasteiger partial charge in [0.15, 0.2) is 11.5 Å². The van der Waals surface area contributed by atoms with Crippen LogP contribution in [-0.4, -0.2) is 26.4 Å². The number of benzene rings is 1. The van der Waals surface area contributed by atoms with Gasteiger partial charge in [-0.25, -0.2) is 0 Å². The molecule has 4 nitrogen and oxygen atoms in total. The van der Waals surface area contributed by atoms with Crippen molar-refractivity contribution in [3.8, 4) is 11.5 Å². The maximum atomic E-state index is 6.19. The van der Waals surface area contributed by atoms with E-state index in [9.17, 15) is 0 Å². The van der Waals surface area contributed by atoms with E-state index in [0.717, 1.165) is 36.5 Å². The first-order valence-electron chi connectivity index (χ1n) is 7.45. The Balaban J connectivity index is 2.66. The van der Waals surface area contributed by atoms with Crippen molar-refractivity contribution in [2.75, 3.05) is 26.4 Å². The molecule has 0 bridgehead atoms. The lowest BCUT2D eigenvalue weighted by Crippen LogP contribution is -2.13. The molecular formula is C16H27NO3. The van der Waals surface area contributed by atoms with Crippen LogP contribution in [0.25, 0.3) is 0 Å². The van der Waals surface area contributed by atoms with Gasteiger partial charge in [-0.15, -0.1) is 0 Å². The fraction of sp³-hybridized carbons (Fsp3) is 0.625. The molecule has 0 fully saturated rings. The minimum absolute atomic E-state index is 0.0401. The van der Waals surface area contributed by atoms with Gasteiger partial charge in [0, 0.05) is 19.3 Å². The van der Waals surface area contributed by atoms with E-state index >= 15 is 0 Å². The van der Waals surface area contributed by atoms with Crippen LogP contribution in [-0.2, 0) is 4.74 Å². The van der Waals surface area contributed by atoms with E-state index in [1.807, 2.05) is 32.0 Å². The third-order valence-electron chi connectivity index (χ3n) is 2.92. The summed E-state index contributed by atoms with van der Waals surface area (Å²) in [6.45, 7) is 8.73. The molecule has 1 rings (SSSR count). The predicted octanol–water partition coefficient (Wildman–Crippen LogP) is 3.30. The Morgan fingerprint density at radius 3 is 2.35 bits per heavy atom. The molecule has 0 aromatic heterocycles. The molecule has 20 heavy (non-hydrogen) atoms. The van der Waals surface area contributed by atoms with E-state index in [1.165, 1.54) is 0 Å². The molecule has 1 unspecified atom stereocenters. The summed E-state index contributed by atoms with van der Waals surface area (Å²) in [6, 6.07) is 5.86. The Kier molecular flexibility index (Phi) is 8.07. The topological polar surface area (TPSA) is 53.7 Å². The van der Waals surface area contributed by atoms with E-state index in [1.54, 1.807) is 0 Å². The van der Waals surface area contributed by atoms with Crippen LogP contribution in [0.3, 0.4) is 0 Å². The van der Waals surface area contributed by atoms with Gasteiger partial charge >= 0.3 is 0 Å². The monoisotopic (exact) mass is 281 g/mol. The van der Waals surface area contributed by atoms with Crippen LogP contribution in [0, 0.1) is 0 Å². The minimum Gasteiger partial charge on any atom is -0.490 e. The Hall–Kier alpha value is -1.26. The largest absolute Gasteiger partial charge is 0.490 e. The van der Waals surface area contributed by atoms with Gasteiger partial charge in [0.05, 0.1) is 13.2 Å². The summed E-state index contributed by atoms with van der Waals surface area (Å²) in [4.78, 5) is 0. The third-order valence-corrected chi connectivity index (χ3v) is 2.92. The van der Waals surface area contributed by atoms with E-state index in [0.29, 0.717) is 19.8 Å². The normalized spacial score (nSPS) is 12.2. The molecule has 0 saturated heterocycles. The van der Waals surface area contributed by atoms with Gasteiger partial charge in [0.25, 0.3) is 0 Å². The van der Waals surface area contributed by atoms with Crippen LogP contribution in [0.5, 0.6) is 11.5 Å². The summed E-state index contributed by atoms with van der Waals surface area (Å²) >= 11 is 0. The summed E-state index contributed by atoms with van der Waals surface area (Å²) in [5.41, 5.74) is 7.24. The smallest absolute Gasteiger partial charge is 0.161 e. The highest BCUT2D eigenvalue weighted by molar-refractivity contribution is 5.43. The van der Waals surface area contributed by atoms with Crippen molar-refractivity contribution in [3.63, 3.8) is 0 Å². The SMILES string of the molecule is CCCOCCC(N)c1ccc(OCC)c(OCC)c1. The van der Waals surface area contributed by atoms with Crippen LogP contribution in [0.15, 0.2) is 18.2 Å². The molecule has 0 heterocycles. The first kappa shape index (κ1) is 16.8. The van der Waals surface area contributed by atoms with E-state index in [4.69, 9.17) is 19.9 Å². The molecule has 0 spiro atoms. The Bertz CT molecular complexity index is 382. The molecule has 4 heteroatoms. The van der Waals surface area contributed by atoms with E-state index in [-0.39, 0.29) is 6.04 Å². The molecule has 114 valence electrons. The lowest BCUT2D eigenvalue weighted by atomic mass is 10.0. The van der Waals surface area contributed by atoms with Crippen LogP contribution >= 0.6 is 0 Å². The minimum atomic E-state index is -0.0401. The van der Waals surface area contributed by atoms with Crippen molar-refractivity contribution in [2.24, 2.45) is 5.73 Å². The third kappa shape index (κ3) is 5.39. The molecule has 1 aromatic carbocycles. The zero-order chi connectivity index (χ0) is 14.8. The van der Waals surface area contributed by atoms with Gasteiger partial charge in [0.1, 0.15) is 0 Å². The quantitative estimate of drug-likeness (QED) is 0.669. The molecule has 1 aromatic rings. The van der Waals surface area contributed by atoms with Crippen molar-refractivity contribution < 1.29 is 14.2 Å². The van der Waals surface area contributed by atoms with Gasteiger partial charge in [-0.3, -0.25) is 0 Å². The first-order chi connectivity index (χ1) is 9.72. The Labute approximate surface area is 122 Å².